The van der Waals surface area contributed by atoms with Crippen molar-refractivity contribution >= 4 is 23.2 Å². The fraction of sp³-hybridized carbons (Fsp3) is 0.111. The lowest BCUT2D eigenvalue weighted by Crippen LogP contribution is -2.24. The number of halogens is 1. The molecule has 1 amide bonds. The summed E-state index contributed by atoms with van der Waals surface area (Å²) in [5.74, 6) is -0.378. The number of carbonyl (C=O) groups excluding carboxylic acids is 1. The summed E-state index contributed by atoms with van der Waals surface area (Å²) in [6, 6.07) is 4.11. The summed E-state index contributed by atoms with van der Waals surface area (Å²) < 4.78 is 0. The number of nitrogens with zero attached hydrogens (tertiary/aromatic N) is 4. The Kier molecular flexibility index (Phi) is 3.66. The number of aromatic amines is 1. The normalized spacial score (nSPS) is 10.2. The summed E-state index contributed by atoms with van der Waals surface area (Å²) in [5.41, 5.74) is -0.559. The van der Waals surface area contributed by atoms with E-state index in [4.69, 9.17) is 11.6 Å². The minimum Gasteiger partial charge on any atom is -0.344 e. The quantitative estimate of drug-likeness (QED) is 0.627. The molecule has 2 N–H and O–H groups in total. The van der Waals surface area contributed by atoms with E-state index in [-0.39, 0.29) is 23.0 Å². The zero-order valence-corrected chi connectivity index (χ0v) is 10.1. The molecule has 9 nitrogen and oxygen atoms in total. The van der Waals surface area contributed by atoms with Gasteiger partial charge in [0, 0.05) is 0 Å². The molecule has 0 unspecified atom stereocenters. The molecule has 0 radical (unpaired) electrons. The first-order valence-corrected chi connectivity index (χ1v) is 5.41. The highest BCUT2D eigenvalue weighted by Crippen LogP contribution is 2.27. The predicted octanol–water partition coefficient (Wildman–Crippen LogP) is 0.691. The van der Waals surface area contributed by atoms with Crippen molar-refractivity contribution in [2.24, 2.45) is 0 Å². The molecule has 1 heterocycles. The number of amides is 1. The number of hydrogen-bond acceptors (Lipinski definition) is 6. The van der Waals surface area contributed by atoms with E-state index in [1.54, 1.807) is 0 Å². The maximum absolute atomic E-state index is 11.9. The summed E-state index contributed by atoms with van der Waals surface area (Å²) in [6.07, 6.45) is 0. The fourth-order valence-corrected chi connectivity index (χ4v) is 1.64. The average Bonchev–Trinajstić information content (AvgIpc) is 2.88. The number of rotatable bonds is 4. The molecular formula is C9H7ClN6O3. The van der Waals surface area contributed by atoms with E-state index < -0.39 is 16.5 Å². The van der Waals surface area contributed by atoms with Gasteiger partial charge in [0.05, 0.1) is 11.5 Å². The van der Waals surface area contributed by atoms with Crippen LogP contribution < -0.4 is 5.32 Å². The molecule has 19 heavy (non-hydrogen) atoms. The second-order valence-corrected chi connectivity index (χ2v) is 3.81. The maximum atomic E-state index is 11.9. The van der Waals surface area contributed by atoms with Crippen LogP contribution in [-0.2, 0) is 6.54 Å². The third-order valence-electron chi connectivity index (χ3n) is 2.21. The van der Waals surface area contributed by atoms with Gasteiger partial charge in [-0.2, -0.15) is 5.21 Å². The largest absolute Gasteiger partial charge is 0.344 e. The smallest absolute Gasteiger partial charge is 0.300 e. The number of nitrogens with one attached hydrogen (secondary N) is 2. The third-order valence-corrected chi connectivity index (χ3v) is 2.52. The lowest BCUT2D eigenvalue weighted by atomic mass is 10.1. The minimum absolute atomic E-state index is 0.000991. The summed E-state index contributed by atoms with van der Waals surface area (Å²) >= 11 is 5.71. The number of aromatic nitrogens is 4. The minimum atomic E-state index is -0.703. The lowest BCUT2D eigenvalue weighted by molar-refractivity contribution is -0.385. The predicted molar refractivity (Wildman–Crippen MR) is 63.5 cm³/mol. The van der Waals surface area contributed by atoms with Gasteiger partial charge in [0.2, 0.25) is 0 Å². The number of hydrogen-bond donors (Lipinski definition) is 2. The Morgan fingerprint density at radius 2 is 2.32 bits per heavy atom. The van der Waals surface area contributed by atoms with E-state index in [0.29, 0.717) is 0 Å². The van der Waals surface area contributed by atoms with E-state index >= 15 is 0 Å². The van der Waals surface area contributed by atoms with Gasteiger partial charge < -0.3 is 5.32 Å². The molecule has 0 aliphatic carbocycles. The summed E-state index contributed by atoms with van der Waals surface area (Å²) in [4.78, 5) is 22.0. The summed E-state index contributed by atoms with van der Waals surface area (Å²) in [6.45, 7) is -0.000991. The van der Waals surface area contributed by atoms with Crippen molar-refractivity contribution in [3.8, 4) is 0 Å². The summed E-state index contributed by atoms with van der Waals surface area (Å²) in [5, 5.41) is 26.0. The SMILES string of the molecule is O=C(NCc1nn[nH]n1)c1cccc(Cl)c1[N+](=O)[O-]. The third kappa shape index (κ3) is 2.83. The molecule has 0 saturated heterocycles. The number of para-hydroxylation sites is 1. The Morgan fingerprint density at radius 3 is 2.95 bits per heavy atom. The van der Waals surface area contributed by atoms with Crippen molar-refractivity contribution in [2.75, 3.05) is 0 Å². The first kappa shape index (κ1) is 12.9. The van der Waals surface area contributed by atoms with Crippen molar-refractivity contribution in [1.29, 1.82) is 0 Å². The van der Waals surface area contributed by atoms with Gasteiger partial charge in [-0.05, 0) is 12.1 Å². The molecule has 0 atom stereocenters. The van der Waals surface area contributed by atoms with Crippen LogP contribution in [0.3, 0.4) is 0 Å². The Labute approximate surface area is 111 Å². The van der Waals surface area contributed by atoms with Gasteiger partial charge in [-0.25, -0.2) is 0 Å². The van der Waals surface area contributed by atoms with Crippen LogP contribution >= 0.6 is 11.6 Å². The number of tetrazole rings is 1. The second-order valence-electron chi connectivity index (χ2n) is 3.40. The van der Waals surface area contributed by atoms with Gasteiger partial charge in [-0.3, -0.25) is 14.9 Å². The van der Waals surface area contributed by atoms with E-state index in [1.165, 1.54) is 18.2 Å². The van der Waals surface area contributed by atoms with Gasteiger partial charge >= 0.3 is 5.69 Å². The Bertz CT molecular complexity index is 614. The first-order chi connectivity index (χ1) is 9.09. The van der Waals surface area contributed by atoms with E-state index in [9.17, 15) is 14.9 Å². The van der Waals surface area contributed by atoms with Gasteiger partial charge in [0.25, 0.3) is 5.91 Å². The van der Waals surface area contributed by atoms with Crippen molar-refractivity contribution < 1.29 is 9.72 Å². The van der Waals surface area contributed by atoms with Crippen LogP contribution in [0, 0.1) is 10.1 Å². The van der Waals surface area contributed by atoms with Gasteiger partial charge in [-0.1, -0.05) is 22.9 Å². The van der Waals surface area contributed by atoms with Crippen LogP contribution in [0.5, 0.6) is 0 Å². The number of carbonyl (C=O) groups is 1. The standard InChI is InChI=1S/C9H7ClN6O3/c10-6-3-1-2-5(8(6)16(18)19)9(17)11-4-7-12-14-15-13-7/h1-3H,4H2,(H,11,17)(H,12,13,14,15). The van der Waals surface area contributed by atoms with Crippen LogP contribution in [0.2, 0.25) is 5.02 Å². The monoisotopic (exact) mass is 282 g/mol. The second kappa shape index (κ2) is 5.40. The molecule has 0 aliphatic rings. The Hall–Kier alpha value is -2.55. The molecular weight excluding hydrogens is 276 g/mol. The Balaban J connectivity index is 2.19. The first-order valence-electron chi connectivity index (χ1n) is 5.03. The van der Waals surface area contributed by atoms with Gasteiger partial charge in [0.15, 0.2) is 5.82 Å². The average molecular weight is 283 g/mol. The topological polar surface area (TPSA) is 127 Å². The van der Waals surface area contributed by atoms with Crippen molar-refractivity contribution in [1.82, 2.24) is 25.9 Å². The van der Waals surface area contributed by atoms with Crippen LogP contribution in [0.1, 0.15) is 16.2 Å². The molecule has 0 bridgehead atoms. The van der Waals surface area contributed by atoms with Crippen LogP contribution in [0.25, 0.3) is 0 Å². The highest BCUT2D eigenvalue weighted by Gasteiger charge is 2.23. The van der Waals surface area contributed by atoms with Crippen molar-refractivity contribution in [3.63, 3.8) is 0 Å². The zero-order valence-electron chi connectivity index (χ0n) is 9.33. The molecule has 10 heteroatoms. The Morgan fingerprint density at radius 1 is 1.53 bits per heavy atom. The molecule has 1 aromatic heterocycles. The molecule has 98 valence electrons. The molecule has 1 aromatic carbocycles. The molecule has 2 aromatic rings. The highest BCUT2D eigenvalue weighted by atomic mass is 35.5. The zero-order chi connectivity index (χ0) is 13.8. The number of nitro groups is 1. The van der Waals surface area contributed by atoms with E-state index in [2.05, 4.69) is 25.9 Å². The number of nitro benzene ring substituents is 1. The van der Waals surface area contributed by atoms with Crippen LogP contribution in [0.4, 0.5) is 5.69 Å². The highest BCUT2D eigenvalue weighted by molar-refractivity contribution is 6.33. The van der Waals surface area contributed by atoms with Gasteiger partial charge in [-0.15, -0.1) is 10.2 Å². The van der Waals surface area contributed by atoms with E-state index in [1.807, 2.05) is 0 Å². The molecule has 2 rings (SSSR count). The van der Waals surface area contributed by atoms with Gasteiger partial charge in [0.1, 0.15) is 10.6 Å². The summed E-state index contributed by atoms with van der Waals surface area (Å²) in [7, 11) is 0. The maximum Gasteiger partial charge on any atom is 0.300 e. The lowest BCUT2D eigenvalue weighted by Gasteiger charge is -2.04. The van der Waals surface area contributed by atoms with Crippen molar-refractivity contribution in [3.05, 3.63) is 44.7 Å². The molecule has 0 fully saturated rings. The van der Waals surface area contributed by atoms with E-state index in [0.717, 1.165) is 0 Å². The molecule has 0 spiro atoms. The van der Waals surface area contributed by atoms with Crippen LogP contribution in [0.15, 0.2) is 18.2 Å². The number of H-pyrrole nitrogens is 1. The molecule has 0 saturated carbocycles. The molecule has 0 aliphatic heterocycles. The number of benzene rings is 1. The fourth-order valence-electron chi connectivity index (χ4n) is 1.40. The van der Waals surface area contributed by atoms with Crippen molar-refractivity contribution in [2.45, 2.75) is 6.54 Å². The van der Waals surface area contributed by atoms with Crippen LogP contribution in [-0.4, -0.2) is 31.5 Å².